The normalized spacial score (nSPS) is 12.8. The van der Waals surface area contributed by atoms with Gasteiger partial charge in [0.25, 0.3) is 0 Å². The summed E-state index contributed by atoms with van der Waals surface area (Å²) in [6.07, 6.45) is -5.49. The van der Waals surface area contributed by atoms with E-state index in [4.69, 9.17) is 10.00 Å². The van der Waals surface area contributed by atoms with E-state index in [9.17, 15) is 18.0 Å². The van der Waals surface area contributed by atoms with Gasteiger partial charge in [0, 0.05) is 5.92 Å². The number of amides is 1. The summed E-state index contributed by atoms with van der Waals surface area (Å²) in [6.45, 7) is 0.0270. The summed E-state index contributed by atoms with van der Waals surface area (Å²) in [5.41, 5.74) is 3.93. The first-order valence-electron chi connectivity index (χ1n) is 8.61. The monoisotopic (exact) mass is 414 g/mol. The lowest BCUT2D eigenvalue weighted by Gasteiger charge is -2.14. The number of halogens is 3. The van der Waals surface area contributed by atoms with Gasteiger partial charge in [-0.15, -0.1) is 11.3 Å². The molecule has 4 rings (SSSR count). The maximum Gasteiger partial charge on any atom is 0.425 e. The number of carbonyl (C=O) groups is 1. The number of nitriles is 1. The Morgan fingerprint density at radius 3 is 2.24 bits per heavy atom. The Hall–Kier alpha value is -3.31. The van der Waals surface area contributed by atoms with E-state index in [2.05, 4.69) is 5.32 Å². The van der Waals surface area contributed by atoms with Gasteiger partial charge in [0.1, 0.15) is 22.6 Å². The van der Waals surface area contributed by atoms with Crippen LogP contribution < -0.4 is 5.32 Å². The molecule has 1 aliphatic carbocycles. The summed E-state index contributed by atoms with van der Waals surface area (Å²) in [6, 6.07) is 18.0. The first-order valence-corrected chi connectivity index (χ1v) is 9.43. The fourth-order valence-corrected chi connectivity index (χ4v) is 4.30. The van der Waals surface area contributed by atoms with Gasteiger partial charge in [0.15, 0.2) is 0 Å². The number of thiophene rings is 1. The number of hydrogen-bond donors (Lipinski definition) is 1. The number of alkyl halides is 3. The Kier molecular flexibility index (Phi) is 4.76. The Labute approximate surface area is 168 Å². The average molecular weight is 414 g/mol. The van der Waals surface area contributed by atoms with Crippen LogP contribution in [0, 0.1) is 11.3 Å². The first kappa shape index (κ1) is 19.0. The van der Waals surface area contributed by atoms with Gasteiger partial charge in [0.05, 0.1) is 5.56 Å². The van der Waals surface area contributed by atoms with Crippen LogP contribution in [0.4, 0.5) is 23.0 Å². The van der Waals surface area contributed by atoms with Crippen LogP contribution in [0.25, 0.3) is 11.1 Å². The van der Waals surface area contributed by atoms with Crippen LogP contribution in [-0.2, 0) is 10.9 Å². The molecule has 0 radical (unpaired) electrons. The molecule has 8 heteroatoms. The second-order valence-corrected chi connectivity index (χ2v) is 7.47. The van der Waals surface area contributed by atoms with E-state index >= 15 is 0 Å². The van der Waals surface area contributed by atoms with Gasteiger partial charge in [0.2, 0.25) is 0 Å². The van der Waals surface area contributed by atoms with Crippen molar-refractivity contribution in [2.45, 2.75) is 12.1 Å². The summed E-state index contributed by atoms with van der Waals surface area (Å²) in [7, 11) is 0. The van der Waals surface area contributed by atoms with Gasteiger partial charge in [-0.3, -0.25) is 5.32 Å². The maximum atomic E-state index is 12.8. The number of carbonyl (C=O) groups excluding carboxylic acids is 1. The van der Waals surface area contributed by atoms with Crippen molar-refractivity contribution in [2.75, 3.05) is 11.9 Å². The van der Waals surface area contributed by atoms with Crippen LogP contribution in [-0.4, -0.2) is 12.7 Å². The molecule has 0 fully saturated rings. The minimum absolute atomic E-state index is 0.0270. The third-order valence-corrected chi connectivity index (χ3v) is 5.79. The van der Waals surface area contributed by atoms with E-state index in [1.807, 2.05) is 48.5 Å². The number of hydrogen-bond acceptors (Lipinski definition) is 4. The van der Waals surface area contributed by atoms with E-state index in [-0.39, 0.29) is 23.1 Å². The van der Waals surface area contributed by atoms with E-state index in [1.165, 1.54) is 0 Å². The summed E-state index contributed by atoms with van der Waals surface area (Å²) in [4.78, 5) is 11.2. The fourth-order valence-electron chi connectivity index (χ4n) is 3.43. The van der Waals surface area contributed by atoms with Crippen molar-refractivity contribution in [3.8, 4) is 17.2 Å². The van der Waals surface area contributed by atoms with Crippen LogP contribution in [0.3, 0.4) is 0 Å². The van der Waals surface area contributed by atoms with Crippen molar-refractivity contribution in [3.05, 3.63) is 76.2 Å². The van der Waals surface area contributed by atoms with Crippen molar-refractivity contribution >= 4 is 22.4 Å². The molecule has 1 N–H and O–H groups in total. The van der Waals surface area contributed by atoms with Gasteiger partial charge < -0.3 is 4.74 Å². The minimum Gasteiger partial charge on any atom is -0.448 e. The van der Waals surface area contributed by atoms with Gasteiger partial charge >= 0.3 is 12.3 Å². The second-order valence-electron chi connectivity index (χ2n) is 6.41. The lowest BCUT2D eigenvalue weighted by atomic mass is 9.98. The van der Waals surface area contributed by atoms with Gasteiger partial charge in [-0.2, -0.15) is 18.4 Å². The number of nitrogens with one attached hydrogen (secondary N) is 1. The summed E-state index contributed by atoms with van der Waals surface area (Å²) < 4.78 is 43.8. The molecule has 1 aliphatic rings. The third-order valence-electron chi connectivity index (χ3n) is 4.69. The van der Waals surface area contributed by atoms with Crippen LogP contribution in [0.1, 0.15) is 27.5 Å². The predicted molar refractivity (Wildman–Crippen MR) is 103 cm³/mol. The molecule has 0 atom stereocenters. The molecule has 0 aliphatic heterocycles. The molecule has 3 aromatic rings. The number of fused-ring (bicyclic) bond motifs is 3. The molecule has 2 aromatic carbocycles. The number of ether oxygens (including phenoxy) is 1. The molecule has 29 heavy (non-hydrogen) atoms. The molecule has 0 saturated carbocycles. The lowest BCUT2D eigenvalue weighted by Crippen LogP contribution is -2.17. The highest BCUT2D eigenvalue weighted by Gasteiger charge is 2.34. The average Bonchev–Trinajstić information content (AvgIpc) is 3.25. The third kappa shape index (κ3) is 3.57. The van der Waals surface area contributed by atoms with Crippen molar-refractivity contribution in [2.24, 2.45) is 0 Å². The molecule has 146 valence electrons. The maximum absolute atomic E-state index is 12.8. The highest BCUT2D eigenvalue weighted by Crippen LogP contribution is 2.44. The van der Waals surface area contributed by atoms with Crippen molar-refractivity contribution in [3.63, 3.8) is 0 Å². The Balaban J connectivity index is 1.50. The zero-order valence-electron chi connectivity index (χ0n) is 14.8. The Morgan fingerprint density at radius 1 is 1.10 bits per heavy atom. The van der Waals surface area contributed by atoms with Crippen LogP contribution >= 0.6 is 11.3 Å². The van der Waals surface area contributed by atoms with Gasteiger partial charge in [-0.05, 0) is 28.3 Å². The molecule has 0 saturated heterocycles. The smallest absolute Gasteiger partial charge is 0.425 e. The number of anilines is 1. The highest BCUT2D eigenvalue weighted by molar-refractivity contribution is 7.16. The van der Waals surface area contributed by atoms with Crippen molar-refractivity contribution < 1.29 is 22.7 Å². The van der Waals surface area contributed by atoms with Crippen LogP contribution in [0.5, 0.6) is 0 Å². The zero-order valence-corrected chi connectivity index (χ0v) is 15.6. The molecule has 1 amide bonds. The van der Waals surface area contributed by atoms with E-state index in [1.54, 1.807) is 6.07 Å². The topological polar surface area (TPSA) is 62.1 Å². The Bertz CT molecular complexity index is 1090. The standard InChI is InChI=1S/C21H13F3N2O2S/c22-21(23,24)18-9-12(10-25)19(29-18)26-20(27)28-11-17-15-7-3-1-5-13(15)14-6-2-4-8-16(14)17/h1-9,17H,11H2,(H,26,27). The molecular weight excluding hydrogens is 401 g/mol. The van der Waals surface area contributed by atoms with Gasteiger partial charge in [-0.1, -0.05) is 48.5 Å². The largest absolute Gasteiger partial charge is 0.448 e. The van der Waals surface area contributed by atoms with Crippen molar-refractivity contribution in [1.82, 2.24) is 0 Å². The molecule has 4 nitrogen and oxygen atoms in total. The highest BCUT2D eigenvalue weighted by atomic mass is 32.1. The second kappa shape index (κ2) is 7.26. The summed E-state index contributed by atoms with van der Waals surface area (Å²) in [5.74, 6) is -0.169. The molecule has 0 unspecified atom stereocenters. The molecule has 1 aromatic heterocycles. The first-order chi connectivity index (χ1) is 13.9. The summed E-state index contributed by atoms with van der Waals surface area (Å²) >= 11 is 0.295. The zero-order chi connectivity index (χ0) is 20.6. The van der Waals surface area contributed by atoms with E-state index in [0.29, 0.717) is 17.4 Å². The van der Waals surface area contributed by atoms with E-state index < -0.39 is 17.1 Å². The minimum atomic E-state index is -4.59. The molecular formula is C21H13F3N2O2S. The number of nitrogens with zero attached hydrogens (tertiary/aromatic N) is 1. The number of rotatable bonds is 3. The fraction of sp³-hybridized carbons (Fsp3) is 0.143. The van der Waals surface area contributed by atoms with Crippen LogP contribution in [0.15, 0.2) is 54.6 Å². The number of benzene rings is 2. The van der Waals surface area contributed by atoms with Crippen molar-refractivity contribution in [1.29, 1.82) is 5.26 Å². The molecule has 1 heterocycles. The quantitative estimate of drug-likeness (QED) is 0.572. The lowest BCUT2D eigenvalue weighted by molar-refractivity contribution is -0.134. The molecule has 0 spiro atoms. The van der Waals surface area contributed by atoms with E-state index in [0.717, 1.165) is 22.3 Å². The SMILES string of the molecule is N#Cc1cc(C(F)(F)F)sc1NC(=O)OCC1c2ccccc2-c2ccccc21. The summed E-state index contributed by atoms with van der Waals surface area (Å²) in [5, 5.41) is 11.1. The predicted octanol–water partition coefficient (Wildman–Crippen LogP) is 6.00. The van der Waals surface area contributed by atoms with Gasteiger partial charge in [-0.25, -0.2) is 4.79 Å². The molecule has 0 bridgehead atoms. The Morgan fingerprint density at radius 2 is 1.69 bits per heavy atom. The van der Waals surface area contributed by atoms with Crippen LogP contribution in [0.2, 0.25) is 0 Å².